The average Bonchev–Trinajstić information content (AvgIpc) is 2.39. The van der Waals surface area contributed by atoms with Gasteiger partial charge in [-0.3, -0.25) is 0 Å². The van der Waals surface area contributed by atoms with Crippen LogP contribution in [0.25, 0.3) is 0 Å². The van der Waals surface area contributed by atoms with Crippen LogP contribution < -0.4 is 5.32 Å². The molecule has 0 aromatic heterocycles. The molecule has 0 saturated heterocycles. The van der Waals surface area contributed by atoms with Gasteiger partial charge in [0.15, 0.2) is 0 Å². The van der Waals surface area contributed by atoms with Crippen molar-refractivity contribution in [2.45, 2.75) is 57.6 Å². The number of aliphatic hydroxyl groups is 1. The molecule has 0 bridgehead atoms. The van der Waals surface area contributed by atoms with Crippen LogP contribution in [0.4, 0.5) is 0 Å². The van der Waals surface area contributed by atoms with Crippen LogP contribution in [0, 0.1) is 5.92 Å². The highest BCUT2D eigenvalue weighted by atomic mass is 16.3. The van der Waals surface area contributed by atoms with E-state index in [4.69, 9.17) is 0 Å². The first-order chi connectivity index (χ1) is 9.03. The predicted molar refractivity (Wildman–Crippen MR) is 80.2 cm³/mol. The molecule has 1 aromatic rings. The van der Waals surface area contributed by atoms with E-state index < -0.39 is 5.60 Å². The minimum Gasteiger partial charge on any atom is -0.385 e. The van der Waals surface area contributed by atoms with Crippen LogP contribution in [0.3, 0.4) is 0 Å². The lowest BCUT2D eigenvalue weighted by molar-refractivity contribution is -0.00769. The minimum atomic E-state index is -0.611. The van der Waals surface area contributed by atoms with E-state index in [0.29, 0.717) is 12.0 Å². The molecule has 0 unspecified atom stereocenters. The lowest BCUT2D eigenvalue weighted by atomic mass is 9.77. The second-order valence-electron chi connectivity index (χ2n) is 6.39. The van der Waals surface area contributed by atoms with Crippen molar-refractivity contribution in [2.24, 2.45) is 5.92 Å². The molecule has 1 saturated carbocycles. The Hall–Kier alpha value is -0.860. The summed E-state index contributed by atoms with van der Waals surface area (Å²) in [6, 6.07) is 9.13. The Morgan fingerprint density at radius 3 is 2.58 bits per heavy atom. The Labute approximate surface area is 117 Å². The molecule has 19 heavy (non-hydrogen) atoms. The molecule has 0 atom stereocenters. The van der Waals surface area contributed by atoms with E-state index in [1.54, 1.807) is 0 Å². The van der Waals surface area contributed by atoms with E-state index in [1.165, 1.54) is 5.56 Å². The van der Waals surface area contributed by atoms with Crippen LogP contribution in [0.15, 0.2) is 24.3 Å². The molecule has 0 heterocycles. The van der Waals surface area contributed by atoms with Gasteiger partial charge in [-0.05, 0) is 56.2 Å². The van der Waals surface area contributed by atoms with Gasteiger partial charge in [0.2, 0.25) is 0 Å². The van der Waals surface area contributed by atoms with Crippen LogP contribution in [-0.2, 0) is 12.0 Å². The van der Waals surface area contributed by atoms with E-state index in [0.717, 1.165) is 37.7 Å². The fraction of sp³-hybridized carbons (Fsp3) is 0.647. The summed E-state index contributed by atoms with van der Waals surface area (Å²) in [5.41, 5.74) is 1.84. The Bertz CT molecular complexity index is 405. The van der Waals surface area contributed by atoms with Gasteiger partial charge in [-0.25, -0.2) is 0 Å². The highest BCUT2D eigenvalue weighted by Crippen LogP contribution is 2.37. The predicted octanol–water partition coefficient (Wildman–Crippen LogP) is 3.23. The molecule has 1 aliphatic carbocycles. The van der Waals surface area contributed by atoms with Gasteiger partial charge in [0.1, 0.15) is 0 Å². The first-order valence-corrected chi connectivity index (χ1v) is 7.52. The third kappa shape index (κ3) is 3.58. The summed E-state index contributed by atoms with van der Waals surface area (Å²) in [4.78, 5) is 0. The zero-order chi connectivity index (χ0) is 13.9. The molecule has 0 spiro atoms. The molecule has 0 radical (unpaired) electrons. The number of nitrogens with one attached hydrogen (secondary N) is 1. The molecule has 1 fully saturated rings. The summed E-state index contributed by atoms with van der Waals surface area (Å²) in [5.74, 6) is 0.657. The number of hydrogen-bond acceptors (Lipinski definition) is 2. The van der Waals surface area contributed by atoms with Crippen molar-refractivity contribution in [3.63, 3.8) is 0 Å². The van der Waals surface area contributed by atoms with Gasteiger partial charge in [-0.2, -0.15) is 0 Å². The third-order valence-electron chi connectivity index (χ3n) is 4.33. The van der Waals surface area contributed by atoms with Crippen molar-refractivity contribution < 1.29 is 5.11 Å². The van der Waals surface area contributed by atoms with Gasteiger partial charge in [0, 0.05) is 6.04 Å². The molecule has 2 rings (SSSR count). The molecular weight excluding hydrogens is 234 g/mol. The number of rotatable bonds is 4. The molecule has 1 aliphatic rings. The molecule has 2 N–H and O–H groups in total. The Balaban J connectivity index is 2.12. The standard InChI is InChI=1S/C17H27NO/c1-13(2)11-14-5-4-6-15(12-14)17(19)9-7-16(18-3)8-10-17/h4-6,12-13,16,18-19H,7-11H2,1-3H3. The van der Waals surface area contributed by atoms with Crippen molar-refractivity contribution in [3.05, 3.63) is 35.4 Å². The SMILES string of the molecule is CNC1CCC(O)(c2cccc(CC(C)C)c2)CC1. The fourth-order valence-corrected chi connectivity index (χ4v) is 3.13. The molecule has 2 heteroatoms. The molecular formula is C17H27NO. The Morgan fingerprint density at radius 2 is 2.00 bits per heavy atom. The van der Waals surface area contributed by atoms with Gasteiger partial charge in [-0.1, -0.05) is 38.1 Å². The van der Waals surface area contributed by atoms with Crippen molar-refractivity contribution in [2.75, 3.05) is 7.05 Å². The van der Waals surface area contributed by atoms with Crippen LogP contribution in [-0.4, -0.2) is 18.2 Å². The van der Waals surface area contributed by atoms with Crippen molar-refractivity contribution in [3.8, 4) is 0 Å². The van der Waals surface area contributed by atoms with Gasteiger partial charge in [0.25, 0.3) is 0 Å². The Morgan fingerprint density at radius 1 is 1.32 bits per heavy atom. The normalized spacial score (nSPS) is 27.7. The fourth-order valence-electron chi connectivity index (χ4n) is 3.13. The average molecular weight is 261 g/mol. The van der Waals surface area contributed by atoms with E-state index in [9.17, 15) is 5.11 Å². The summed E-state index contributed by atoms with van der Waals surface area (Å²) in [7, 11) is 2.01. The first kappa shape index (κ1) is 14.5. The van der Waals surface area contributed by atoms with Crippen molar-refractivity contribution in [1.82, 2.24) is 5.32 Å². The smallest absolute Gasteiger partial charge is 0.0897 e. The number of benzene rings is 1. The maximum Gasteiger partial charge on any atom is 0.0897 e. The minimum absolute atomic E-state index is 0.569. The highest BCUT2D eigenvalue weighted by molar-refractivity contribution is 5.29. The van der Waals surface area contributed by atoms with Gasteiger partial charge in [-0.15, -0.1) is 0 Å². The van der Waals surface area contributed by atoms with Crippen LogP contribution in [0.5, 0.6) is 0 Å². The maximum absolute atomic E-state index is 10.9. The van der Waals surface area contributed by atoms with E-state index in [1.807, 2.05) is 7.05 Å². The second kappa shape index (κ2) is 6.06. The van der Waals surface area contributed by atoms with E-state index >= 15 is 0 Å². The third-order valence-corrected chi connectivity index (χ3v) is 4.33. The van der Waals surface area contributed by atoms with Crippen molar-refractivity contribution >= 4 is 0 Å². The topological polar surface area (TPSA) is 32.3 Å². The summed E-state index contributed by atoms with van der Waals surface area (Å²) < 4.78 is 0. The van der Waals surface area contributed by atoms with Crippen LogP contribution >= 0.6 is 0 Å². The summed E-state index contributed by atoms with van der Waals surface area (Å²) in [5, 5.41) is 14.2. The first-order valence-electron chi connectivity index (χ1n) is 7.52. The Kier molecular flexibility index (Phi) is 4.64. The monoisotopic (exact) mass is 261 g/mol. The van der Waals surface area contributed by atoms with Crippen LogP contribution in [0.1, 0.15) is 50.7 Å². The lowest BCUT2D eigenvalue weighted by Gasteiger charge is -2.36. The summed E-state index contributed by atoms with van der Waals surface area (Å²) in [6.45, 7) is 4.47. The maximum atomic E-state index is 10.9. The second-order valence-corrected chi connectivity index (χ2v) is 6.39. The zero-order valence-electron chi connectivity index (χ0n) is 12.4. The quantitative estimate of drug-likeness (QED) is 0.872. The number of hydrogen-bond donors (Lipinski definition) is 2. The van der Waals surface area contributed by atoms with Crippen molar-refractivity contribution in [1.29, 1.82) is 0 Å². The van der Waals surface area contributed by atoms with E-state index in [2.05, 4.69) is 43.4 Å². The molecule has 0 aliphatic heterocycles. The van der Waals surface area contributed by atoms with Crippen LogP contribution in [0.2, 0.25) is 0 Å². The molecule has 106 valence electrons. The zero-order valence-corrected chi connectivity index (χ0v) is 12.4. The molecule has 0 amide bonds. The largest absolute Gasteiger partial charge is 0.385 e. The summed E-state index contributed by atoms with van der Waals surface area (Å²) >= 11 is 0. The molecule has 2 nitrogen and oxygen atoms in total. The van der Waals surface area contributed by atoms with Gasteiger partial charge < -0.3 is 10.4 Å². The van der Waals surface area contributed by atoms with Gasteiger partial charge in [0.05, 0.1) is 5.60 Å². The molecule has 1 aromatic carbocycles. The summed E-state index contributed by atoms with van der Waals surface area (Å²) in [6.07, 6.45) is 4.93. The van der Waals surface area contributed by atoms with Gasteiger partial charge >= 0.3 is 0 Å². The lowest BCUT2D eigenvalue weighted by Crippen LogP contribution is -2.38. The van der Waals surface area contributed by atoms with E-state index in [-0.39, 0.29) is 0 Å². The highest BCUT2D eigenvalue weighted by Gasteiger charge is 2.34.